The summed E-state index contributed by atoms with van der Waals surface area (Å²) in [5.74, 6) is 0.761. The lowest BCUT2D eigenvalue weighted by Crippen LogP contribution is -2.55. The summed E-state index contributed by atoms with van der Waals surface area (Å²) in [6.07, 6.45) is 0.236. The summed E-state index contributed by atoms with van der Waals surface area (Å²) < 4.78 is 40.4. The van der Waals surface area contributed by atoms with Crippen molar-refractivity contribution in [1.82, 2.24) is 9.62 Å². The minimum atomic E-state index is -4.04. The van der Waals surface area contributed by atoms with Gasteiger partial charge in [0.1, 0.15) is 22.4 Å². The van der Waals surface area contributed by atoms with E-state index in [1.54, 1.807) is 30.2 Å². The molecule has 0 spiro atoms. The molecule has 0 aliphatic carbocycles. The monoisotopic (exact) mass is 523 g/mol. The van der Waals surface area contributed by atoms with E-state index in [4.69, 9.17) is 9.47 Å². The van der Waals surface area contributed by atoms with Crippen LogP contribution in [-0.4, -0.2) is 65.7 Å². The van der Waals surface area contributed by atoms with Crippen LogP contribution in [0.15, 0.2) is 77.7 Å². The molecule has 1 aliphatic rings. The predicted octanol–water partition coefficient (Wildman–Crippen LogP) is 3.25. The molecule has 1 fully saturated rings. The normalized spacial score (nSPS) is 14.8. The Morgan fingerprint density at radius 2 is 1.54 bits per heavy atom. The Hall–Kier alpha value is -3.56. The van der Waals surface area contributed by atoms with Crippen LogP contribution in [0, 0.1) is 6.92 Å². The molecule has 0 radical (unpaired) electrons. The molecule has 1 heterocycles. The van der Waals surface area contributed by atoms with Crippen LogP contribution in [-0.2, 0) is 21.2 Å². The third kappa shape index (κ3) is 6.23. The van der Waals surface area contributed by atoms with Crippen molar-refractivity contribution in [2.75, 3.05) is 45.3 Å². The minimum absolute atomic E-state index is 0.0156. The van der Waals surface area contributed by atoms with Gasteiger partial charge in [-0.25, -0.2) is 8.42 Å². The zero-order chi connectivity index (χ0) is 26.4. The van der Waals surface area contributed by atoms with Crippen LogP contribution >= 0.6 is 0 Å². The number of nitrogens with one attached hydrogen (secondary N) is 1. The molecule has 1 amide bonds. The summed E-state index contributed by atoms with van der Waals surface area (Å²) in [5, 5.41) is 0. The van der Waals surface area contributed by atoms with E-state index in [2.05, 4.69) is 9.62 Å². The molecule has 4 rings (SSSR count). The number of rotatable bonds is 9. The van der Waals surface area contributed by atoms with Crippen molar-refractivity contribution in [3.8, 4) is 11.5 Å². The average molecular weight is 524 g/mol. The van der Waals surface area contributed by atoms with Crippen molar-refractivity contribution >= 4 is 21.6 Å². The second-order valence-electron chi connectivity index (χ2n) is 9.00. The fraction of sp³-hybridized carbons (Fsp3) is 0.321. The molecule has 9 heteroatoms. The summed E-state index contributed by atoms with van der Waals surface area (Å²) in [6, 6.07) is 21.2. The smallest absolute Gasteiger partial charge is 0.244 e. The Morgan fingerprint density at radius 1 is 0.892 bits per heavy atom. The number of aryl methyl sites for hydroxylation is 1. The lowest BCUT2D eigenvalue weighted by atomic mass is 10.1. The molecule has 3 aromatic carbocycles. The van der Waals surface area contributed by atoms with Gasteiger partial charge in [0.05, 0.1) is 19.9 Å². The fourth-order valence-corrected chi connectivity index (χ4v) is 6.00. The number of methoxy groups -OCH3 is 2. The van der Waals surface area contributed by atoms with Gasteiger partial charge in [-0.2, -0.15) is 4.72 Å². The number of anilines is 1. The Morgan fingerprint density at radius 3 is 2.22 bits per heavy atom. The number of hydrogen-bond donors (Lipinski definition) is 1. The maximum Gasteiger partial charge on any atom is 0.244 e. The summed E-state index contributed by atoms with van der Waals surface area (Å²) in [7, 11) is -0.972. The highest BCUT2D eigenvalue weighted by atomic mass is 32.2. The van der Waals surface area contributed by atoms with E-state index in [1.165, 1.54) is 7.11 Å². The topological polar surface area (TPSA) is 88.2 Å². The van der Waals surface area contributed by atoms with Crippen molar-refractivity contribution in [1.29, 1.82) is 0 Å². The summed E-state index contributed by atoms with van der Waals surface area (Å²) in [5.41, 5.74) is 2.62. The van der Waals surface area contributed by atoms with Crippen LogP contribution in [0.5, 0.6) is 11.5 Å². The van der Waals surface area contributed by atoms with Crippen molar-refractivity contribution in [2.24, 2.45) is 0 Å². The summed E-state index contributed by atoms with van der Waals surface area (Å²) in [6.45, 7) is 3.98. The first-order chi connectivity index (χ1) is 17.8. The quantitative estimate of drug-likeness (QED) is 0.463. The highest BCUT2D eigenvalue weighted by Gasteiger charge is 2.33. The third-order valence-corrected chi connectivity index (χ3v) is 8.00. The molecule has 1 aliphatic heterocycles. The van der Waals surface area contributed by atoms with Crippen LogP contribution < -0.4 is 19.1 Å². The molecular weight excluding hydrogens is 490 g/mol. The van der Waals surface area contributed by atoms with E-state index in [-0.39, 0.29) is 23.0 Å². The van der Waals surface area contributed by atoms with Crippen LogP contribution in [0.4, 0.5) is 5.69 Å². The molecule has 0 saturated carbocycles. The number of carbonyl (C=O) groups excluding carboxylic acids is 1. The standard InChI is InChI=1S/C28H33N3O5S/c1-21-13-14-26(36-3)27(19-21)37(33,34)29-23(20-22-9-5-4-6-10-22)28(32)31-17-15-30(16-18-31)24-11-7-8-12-25(24)35-2/h4-14,19,23,29H,15-18,20H2,1-3H3/t23-/m1/s1. The Balaban J connectivity index is 1.55. The van der Waals surface area contributed by atoms with Crippen LogP contribution in [0.3, 0.4) is 0 Å². The lowest BCUT2D eigenvalue weighted by molar-refractivity contribution is -0.133. The maximum absolute atomic E-state index is 13.7. The zero-order valence-corrected chi connectivity index (χ0v) is 22.2. The molecule has 0 bridgehead atoms. The van der Waals surface area contributed by atoms with Gasteiger partial charge in [-0.3, -0.25) is 4.79 Å². The van der Waals surface area contributed by atoms with E-state index in [0.29, 0.717) is 26.2 Å². The number of sulfonamides is 1. The number of benzene rings is 3. The van der Waals surface area contributed by atoms with Gasteiger partial charge in [0.15, 0.2) is 0 Å². The third-order valence-electron chi connectivity index (χ3n) is 6.50. The molecule has 1 atom stereocenters. The van der Waals surface area contributed by atoms with E-state index < -0.39 is 16.1 Å². The van der Waals surface area contributed by atoms with Crippen molar-refractivity contribution < 1.29 is 22.7 Å². The molecule has 1 saturated heterocycles. The molecule has 3 aromatic rings. The number of piperazine rings is 1. The Kier molecular flexibility index (Phi) is 8.35. The second kappa shape index (κ2) is 11.7. The number of carbonyl (C=O) groups is 1. The number of para-hydroxylation sites is 2. The molecular formula is C28H33N3O5S. The molecule has 0 unspecified atom stereocenters. The van der Waals surface area contributed by atoms with Gasteiger partial charge < -0.3 is 19.3 Å². The van der Waals surface area contributed by atoms with Gasteiger partial charge >= 0.3 is 0 Å². The van der Waals surface area contributed by atoms with E-state index in [1.807, 2.05) is 61.5 Å². The molecule has 0 aromatic heterocycles. The van der Waals surface area contributed by atoms with Gasteiger partial charge in [0, 0.05) is 26.2 Å². The van der Waals surface area contributed by atoms with Gasteiger partial charge in [0.25, 0.3) is 0 Å². The second-order valence-corrected chi connectivity index (χ2v) is 10.7. The highest BCUT2D eigenvalue weighted by molar-refractivity contribution is 7.89. The maximum atomic E-state index is 13.7. The van der Waals surface area contributed by atoms with E-state index >= 15 is 0 Å². The lowest BCUT2D eigenvalue weighted by Gasteiger charge is -2.38. The van der Waals surface area contributed by atoms with E-state index in [0.717, 1.165) is 22.6 Å². The predicted molar refractivity (Wildman–Crippen MR) is 144 cm³/mol. The Bertz CT molecular complexity index is 1320. The number of nitrogens with zero attached hydrogens (tertiary/aromatic N) is 2. The number of hydrogen-bond acceptors (Lipinski definition) is 6. The van der Waals surface area contributed by atoms with Crippen LogP contribution in [0.25, 0.3) is 0 Å². The van der Waals surface area contributed by atoms with E-state index in [9.17, 15) is 13.2 Å². The average Bonchev–Trinajstić information content (AvgIpc) is 2.93. The fourth-order valence-electron chi connectivity index (χ4n) is 4.55. The molecule has 1 N–H and O–H groups in total. The first kappa shape index (κ1) is 26.5. The first-order valence-electron chi connectivity index (χ1n) is 12.2. The Labute approximate surface area is 218 Å². The molecule has 8 nitrogen and oxygen atoms in total. The van der Waals surface area contributed by atoms with Gasteiger partial charge in [-0.1, -0.05) is 48.5 Å². The highest BCUT2D eigenvalue weighted by Crippen LogP contribution is 2.29. The zero-order valence-electron chi connectivity index (χ0n) is 21.4. The summed E-state index contributed by atoms with van der Waals surface area (Å²) in [4.78, 5) is 17.6. The van der Waals surface area contributed by atoms with Gasteiger partial charge in [-0.05, 0) is 48.7 Å². The number of amides is 1. The first-order valence-corrected chi connectivity index (χ1v) is 13.7. The largest absolute Gasteiger partial charge is 0.495 e. The SMILES string of the molecule is COc1ccccc1N1CCN(C(=O)[C@@H](Cc2ccccc2)NS(=O)(=O)c2cc(C)ccc2OC)CC1. The minimum Gasteiger partial charge on any atom is -0.495 e. The van der Waals surface area contributed by atoms with Crippen molar-refractivity contribution in [3.63, 3.8) is 0 Å². The molecule has 37 heavy (non-hydrogen) atoms. The van der Waals surface area contributed by atoms with Crippen LogP contribution in [0.1, 0.15) is 11.1 Å². The molecule has 196 valence electrons. The van der Waals surface area contributed by atoms with Crippen LogP contribution in [0.2, 0.25) is 0 Å². The van der Waals surface area contributed by atoms with Crippen molar-refractivity contribution in [3.05, 3.63) is 83.9 Å². The summed E-state index contributed by atoms with van der Waals surface area (Å²) >= 11 is 0. The van der Waals surface area contributed by atoms with Crippen molar-refractivity contribution in [2.45, 2.75) is 24.3 Å². The van der Waals surface area contributed by atoms with Gasteiger partial charge in [0.2, 0.25) is 15.9 Å². The van der Waals surface area contributed by atoms with Gasteiger partial charge in [-0.15, -0.1) is 0 Å². The number of ether oxygens (including phenoxy) is 2.